The van der Waals surface area contributed by atoms with Gasteiger partial charge in [0.15, 0.2) is 0 Å². The molecule has 0 aliphatic carbocycles. The first-order valence-corrected chi connectivity index (χ1v) is 5.40. The first-order chi connectivity index (χ1) is 7.20. The van der Waals surface area contributed by atoms with E-state index in [0.717, 1.165) is 5.56 Å². The molecule has 1 aliphatic rings. The lowest BCUT2D eigenvalue weighted by Gasteiger charge is -2.24. The summed E-state index contributed by atoms with van der Waals surface area (Å²) in [6.45, 7) is 2.28. The van der Waals surface area contributed by atoms with Crippen molar-refractivity contribution in [3.8, 4) is 0 Å². The molecule has 0 unspecified atom stereocenters. The zero-order valence-electron chi connectivity index (χ0n) is 8.46. The van der Waals surface area contributed by atoms with Gasteiger partial charge in [-0.05, 0) is 12.5 Å². The lowest BCUT2D eigenvalue weighted by molar-refractivity contribution is 0.156. The van der Waals surface area contributed by atoms with Gasteiger partial charge in [-0.25, -0.2) is 4.79 Å². The van der Waals surface area contributed by atoms with Gasteiger partial charge in [0.05, 0.1) is 11.4 Å². The predicted molar refractivity (Wildman–Crippen MR) is 60.8 cm³/mol. The third-order valence-electron chi connectivity index (χ3n) is 2.50. The van der Waals surface area contributed by atoms with E-state index in [1.54, 1.807) is 4.90 Å². The van der Waals surface area contributed by atoms with Gasteiger partial charge in [-0.2, -0.15) is 12.6 Å². The lowest BCUT2D eigenvalue weighted by atomic mass is 10.1. The van der Waals surface area contributed by atoms with Crippen molar-refractivity contribution in [2.24, 2.45) is 0 Å². The van der Waals surface area contributed by atoms with Crippen molar-refractivity contribution in [1.82, 2.24) is 4.90 Å². The minimum Gasteiger partial charge on any atom is -0.447 e. The van der Waals surface area contributed by atoms with Crippen LogP contribution < -0.4 is 0 Å². The van der Waals surface area contributed by atoms with Crippen molar-refractivity contribution in [1.29, 1.82) is 0 Å². The molecular formula is C11H13NO2S. The molecule has 0 saturated carbocycles. The molecule has 1 aliphatic heterocycles. The Bertz CT molecular complexity index is 353. The molecule has 1 heterocycles. The molecule has 0 N–H and O–H groups in total. The summed E-state index contributed by atoms with van der Waals surface area (Å²) in [6.07, 6.45) is -0.286. The summed E-state index contributed by atoms with van der Waals surface area (Å²) in [5, 5.41) is -0.134. The maximum atomic E-state index is 11.5. The molecule has 0 aromatic heterocycles. The summed E-state index contributed by atoms with van der Waals surface area (Å²) in [5.74, 6) is 0. The summed E-state index contributed by atoms with van der Waals surface area (Å²) in [7, 11) is 0. The van der Waals surface area contributed by atoms with E-state index in [4.69, 9.17) is 4.74 Å². The molecule has 1 aromatic carbocycles. The Labute approximate surface area is 94.4 Å². The Morgan fingerprint density at radius 3 is 2.73 bits per heavy atom. The molecule has 1 saturated heterocycles. The van der Waals surface area contributed by atoms with E-state index in [2.05, 4.69) is 12.6 Å². The first-order valence-electron chi connectivity index (χ1n) is 4.88. The van der Waals surface area contributed by atoms with Crippen LogP contribution in [0.15, 0.2) is 30.3 Å². The van der Waals surface area contributed by atoms with Gasteiger partial charge in [-0.15, -0.1) is 0 Å². The molecule has 15 heavy (non-hydrogen) atoms. The Hall–Kier alpha value is -1.16. The minimum absolute atomic E-state index is 0.00815. The zero-order chi connectivity index (χ0) is 10.8. The number of benzene rings is 1. The number of carbonyl (C=O) groups is 1. The number of amides is 1. The molecule has 0 spiro atoms. The van der Waals surface area contributed by atoms with Crippen LogP contribution in [0.2, 0.25) is 0 Å². The summed E-state index contributed by atoms with van der Waals surface area (Å²) >= 11 is 4.29. The van der Waals surface area contributed by atoms with Crippen molar-refractivity contribution < 1.29 is 9.53 Å². The lowest BCUT2D eigenvalue weighted by Crippen LogP contribution is -2.32. The fourth-order valence-corrected chi connectivity index (χ4v) is 2.03. The largest absolute Gasteiger partial charge is 0.447 e. The van der Waals surface area contributed by atoms with Crippen LogP contribution in [0.1, 0.15) is 18.5 Å². The van der Waals surface area contributed by atoms with E-state index in [1.165, 1.54) is 0 Å². The molecule has 80 valence electrons. The SMILES string of the molecule is C[C@@H](S)N1C(=O)OC[C@H]1c1ccccc1. The van der Waals surface area contributed by atoms with Crippen molar-refractivity contribution in [3.63, 3.8) is 0 Å². The number of hydrogen-bond donors (Lipinski definition) is 1. The zero-order valence-corrected chi connectivity index (χ0v) is 9.35. The van der Waals surface area contributed by atoms with E-state index in [0.29, 0.717) is 6.61 Å². The van der Waals surface area contributed by atoms with Crippen LogP contribution in [0, 0.1) is 0 Å². The molecule has 0 radical (unpaired) electrons. The fourth-order valence-electron chi connectivity index (χ4n) is 1.78. The average molecular weight is 223 g/mol. The van der Waals surface area contributed by atoms with Crippen LogP contribution in [-0.2, 0) is 4.74 Å². The molecule has 0 bridgehead atoms. The van der Waals surface area contributed by atoms with Crippen LogP contribution in [0.3, 0.4) is 0 Å². The predicted octanol–water partition coefficient (Wildman–Crippen LogP) is 2.46. The van der Waals surface area contributed by atoms with Crippen molar-refractivity contribution in [2.75, 3.05) is 6.61 Å². The van der Waals surface area contributed by atoms with Gasteiger partial charge in [0.25, 0.3) is 0 Å². The van der Waals surface area contributed by atoms with Gasteiger partial charge in [-0.1, -0.05) is 30.3 Å². The summed E-state index contributed by atoms with van der Waals surface area (Å²) in [5.41, 5.74) is 1.09. The third kappa shape index (κ3) is 1.95. The maximum Gasteiger partial charge on any atom is 0.411 e. The molecule has 4 heteroatoms. The maximum absolute atomic E-state index is 11.5. The Balaban J connectivity index is 2.26. The standard InChI is InChI=1S/C11H13NO2S/c1-8(15)12-10(7-14-11(12)13)9-5-3-2-4-6-9/h2-6,8,10,15H,7H2,1H3/t8-,10+/m1/s1. The molecule has 1 aromatic rings. The topological polar surface area (TPSA) is 29.5 Å². The fraction of sp³-hybridized carbons (Fsp3) is 0.364. The van der Waals surface area contributed by atoms with Gasteiger partial charge in [0.1, 0.15) is 6.61 Å². The highest BCUT2D eigenvalue weighted by molar-refractivity contribution is 7.80. The number of thiol groups is 1. The molecule has 3 nitrogen and oxygen atoms in total. The number of nitrogens with zero attached hydrogens (tertiary/aromatic N) is 1. The van der Waals surface area contributed by atoms with E-state index in [1.807, 2.05) is 37.3 Å². The Morgan fingerprint density at radius 2 is 2.13 bits per heavy atom. The molecule has 2 atom stereocenters. The van der Waals surface area contributed by atoms with Crippen LogP contribution >= 0.6 is 12.6 Å². The van der Waals surface area contributed by atoms with Crippen LogP contribution in [0.25, 0.3) is 0 Å². The van der Waals surface area contributed by atoms with Gasteiger partial charge < -0.3 is 4.74 Å². The Morgan fingerprint density at radius 1 is 1.47 bits per heavy atom. The number of hydrogen-bond acceptors (Lipinski definition) is 3. The smallest absolute Gasteiger partial charge is 0.411 e. The van der Waals surface area contributed by atoms with E-state index in [9.17, 15) is 4.79 Å². The van der Waals surface area contributed by atoms with Gasteiger partial charge in [-0.3, -0.25) is 4.90 Å². The van der Waals surface area contributed by atoms with Crippen LogP contribution in [-0.4, -0.2) is 23.0 Å². The number of ether oxygens (including phenoxy) is 1. The molecule has 1 fully saturated rings. The molecule has 1 amide bonds. The first kappa shape index (κ1) is 10.4. The highest BCUT2D eigenvalue weighted by atomic mass is 32.1. The summed E-state index contributed by atoms with van der Waals surface area (Å²) in [4.78, 5) is 13.1. The van der Waals surface area contributed by atoms with Gasteiger partial charge in [0, 0.05) is 0 Å². The number of carbonyl (C=O) groups excluding carboxylic acids is 1. The number of cyclic esters (lactones) is 1. The van der Waals surface area contributed by atoms with Crippen LogP contribution in [0.4, 0.5) is 4.79 Å². The molecule has 2 rings (SSSR count). The third-order valence-corrected chi connectivity index (χ3v) is 2.75. The molecular weight excluding hydrogens is 210 g/mol. The van der Waals surface area contributed by atoms with Gasteiger partial charge in [0.2, 0.25) is 0 Å². The van der Waals surface area contributed by atoms with Crippen molar-refractivity contribution in [3.05, 3.63) is 35.9 Å². The van der Waals surface area contributed by atoms with Crippen LogP contribution in [0.5, 0.6) is 0 Å². The minimum atomic E-state index is -0.286. The average Bonchev–Trinajstić information content (AvgIpc) is 2.61. The quantitative estimate of drug-likeness (QED) is 0.780. The monoisotopic (exact) mass is 223 g/mol. The normalized spacial score (nSPS) is 22.7. The van der Waals surface area contributed by atoms with Crippen molar-refractivity contribution in [2.45, 2.75) is 18.3 Å². The number of rotatable bonds is 2. The summed E-state index contributed by atoms with van der Waals surface area (Å²) < 4.78 is 5.03. The summed E-state index contributed by atoms with van der Waals surface area (Å²) in [6, 6.07) is 9.85. The second kappa shape index (κ2) is 4.14. The highest BCUT2D eigenvalue weighted by Gasteiger charge is 2.35. The van der Waals surface area contributed by atoms with Gasteiger partial charge >= 0.3 is 6.09 Å². The van der Waals surface area contributed by atoms with E-state index in [-0.39, 0.29) is 17.5 Å². The van der Waals surface area contributed by atoms with E-state index >= 15 is 0 Å². The van der Waals surface area contributed by atoms with Crippen molar-refractivity contribution >= 4 is 18.7 Å². The Kier molecular flexibility index (Phi) is 2.86. The second-order valence-corrected chi connectivity index (χ2v) is 4.29. The van der Waals surface area contributed by atoms with E-state index < -0.39 is 0 Å². The highest BCUT2D eigenvalue weighted by Crippen LogP contribution is 2.30. The second-order valence-electron chi connectivity index (χ2n) is 3.54.